The third-order valence-electron chi connectivity index (χ3n) is 4.13. The maximum Gasteiger partial charge on any atom is 0.224 e. The largest absolute Gasteiger partial charge is 0.349 e. The molecule has 1 saturated heterocycles. The molecule has 0 radical (unpaired) electrons. The highest BCUT2D eigenvalue weighted by atomic mass is 32.2. The van der Waals surface area contributed by atoms with E-state index in [4.69, 9.17) is 0 Å². The van der Waals surface area contributed by atoms with Crippen LogP contribution in [-0.4, -0.2) is 38.0 Å². The van der Waals surface area contributed by atoms with Crippen LogP contribution in [0.5, 0.6) is 0 Å². The zero-order chi connectivity index (χ0) is 16.5. The van der Waals surface area contributed by atoms with Crippen molar-refractivity contribution in [3.63, 3.8) is 0 Å². The minimum absolute atomic E-state index is 0.0499. The van der Waals surface area contributed by atoms with Crippen LogP contribution in [0.15, 0.2) is 6.07 Å². The van der Waals surface area contributed by atoms with E-state index in [1.807, 2.05) is 6.92 Å². The van der Waals surface area contributed by atoms with Crippen LogP contribution in [-0.2, 0) is 14.8 Å². The zero-order valence-electron chi connectivity index (χ0n) is 13.5. The fourth-order valence-corrected chi connectivity index (χ4v) is 4.88. The summed E-state index contributed by atoms with van der Waals surface area (Å²) in [5.74, 6) is -0.310. The van der Waals surface area contributed by atoms with Gasteiger partial charge in [0.2, 0.25) is 15.9 Å². The molecule has 0 unspecified atom stereocenters. The molecular weight excluding hydrogens is 320 g/mol. The van der Waals surface area contributed by atoms with Crippen LogP contribution < -0.4 is 5.32 Å². The summed E-state index contributed by atoms with van der Waals surface area (Å²) in [7, 11) is -3.22. The lowest BCUT2D eigenvalue weighted by atomic mass is 9.98. The molecule has 1 amide bonds. The van der Waals surface area contributed by atoms with E-state index in [0.29, 0.717) is 13.1 Å². The third kappa shape index (κ3) is 4.08. The van der Waals surface area contributed by atoms with E-state index in [2.05, 4.69) is 25.2 Å². The average molecular weight is 345 g/mol. The van der Waals surface area contributed by atoms with Gasteiger partial charge in [0.1, 0.15) is 0 Å². The third-order valence-corrected chi connectivity index (χ3v) is 6.38. The number of hydrogen-bond donors (Lipinski definition) is 1. The summed E-state index contributed by atoms with van der Waals surface area (Å²) in [4.78, 5) is 14.9. The Morgan fingerprint density at radius 2 is 2.14 bits per heavy atom. The number of sulfonamides is 1. The van der Waals surface area contributed by atoms with Gasteiger partial charge in [-0.3, -0.25) is 4.79 Å². The molecule has 1 fully saturated rings. The Kier molecular flexibility index (Phi) is 5.29. The van der Waals surface area contributed by atoms with E-state index < -0.39 is 10.0 Å². The number of hydrogen-bond acceptors (Lipinski definition) is 4. The monoisotopic (exact) mass is 344 g/mol. The quantitative estimate of drug-likeness (QED) is 0.911. The van der Waals surface area contributed by atoms with Crippen molar-refractivity contribution < 1.29 is 13.2 Å². The number of thiophene rings is 1. The van der Waals surface area contributed by atoms with E-state index in [1.54, 1.807) is 11.3 Å². The molecule has 1 aliphatic heterocycles. The Balaban J connectivity index is 2.01. The summed E-state index contributed by atoms with van der Waals surface area (Å²) in [6, 6.07) is 2.06. The average Bonchev–Trinajstić information content (AvgIpc) is 2.77. The van der Waals surface area contributed by atoms with Gasteiger partial charge in [-0.1, -0.05) is 0 Å². The van der Waals surface area contributed by atoms with E-state index in [-0.39, 0.29) is 17.9 Å². The first-order valence-corrected chi connectivity index (χ1v) is 10.2. The number of nitrogens with one attached hydrogen (secondary N) is 1. The van der Waals surface area contributed by atoms with E-state index in [1.165, 1.54) is 20.3 Å². The molecule has 0 saturated carbocycles. The number of carbonyl (C=O) groups is 1. The van der Waals surface area contributed by atoms with Crippen LogP contribution in [0.2, 0.25) is 0 Å². The van der Waals surface area contributed by atoms with Crippen molar-refractivity contribution in [2.45, 2.75) is 39.7 Å². The molecule has 1 aromatic rings. The molecule has 1 aromatic heterocycles. The predicted octanol–water partition coefficient (Wildman–Crippen LogP) is 2.21. The lowest BCUT2D eigenvalue weighted by molar-refractivity contribution is -0.126. The highest BCUT2D eigenvalue weighted by molar-refractivity contribution is 7.88. The molecule has 1 aliphatic rings. The van der Waals surface area contributed by atoms with Crippen molar-refractivity contribution in [1.82, 2.24) is 9.62 Å². The van der Waals surface area contributed by atoms with Gasteiger partial charge in [0.15, 0.2) is 0 Å². The number of nitrogens with zero attached hydrogens (tertiary/aromatic N) is 1. The van der Waals surface area contributed by atoms with Crippen LogP contribution in [0.4, 0.5) is 0 Å². The molecule has 5 nitrogen and oxygen atoms in total. The number of amides is 1. The molecule has 2 heterocycles. The molecule has 0 bridgehead atoms. The van der Waals surface area contributed by atoms with Gasteiger partial charge in [0, 0.05) is 22.8 Å². The van der Waals surface area contributed by atoms with E-state index in [9.17, 15) is 13.2 Å². The summed E-state index contributed by atoms with van der Waals surface area (Å²) in [5.41, 5.74) is 1.15. The molecular formula is C15H24N2O3S2. The van der Waals surface area contributed by atoms with Gasteiger partial charge < -0.3 is 5.32 Å². The fourth-order valence-electron chi connectivity index (χ4n) is 2.95. The predicted molar refractivity (Wildman–Crippen MR) is 89.5 cm³/mol. The Morgan fingerprint density at radius 1 is 1.45 bits per heavy atom. The first kappa shape index (κ1) is 17.4. The summed E-state index contributed by atoms with van der Waals surface area (Å²) < 4.78 is 24.7. The van der Waals surface area contributed by atoms with E-state index in [0.717, 1.165) is 18.4 Å². The lowest BCUT2D eigenvalue weighted by Crippen LogP contribution is -2.45. The Hall–Kier alpha value is -0.920. The second kappa shape index (κ2) is 6.68. The summed E-state index contributed by atoms with van der Waals surface area (Å²) >= 11 is 1.73. The Bertz CT molecular complexity index is 652. The topological polar surface area (TPSA) is 66.5 Å². The minimum atomic E-state index is -3.22. The SMILES string of the molecule is Cc1cc([C@H](C)NC(=O)[C@H]2CCCN(S(C)(=O)=O)C2)c(C)s1. The molecule has 2 rings (SSSR count). The van der Waals surface area contributed by atoms with Crippen molar-refractivity contribution in [2.24, 2.45) is 5.92 Å². The number of carbonyl (C=O) groups excluding carboxylic acids is 1. The van der Waals surface area contributed by atoms with Crippen LogP contribution in [0.1, 0.15) is 41.1 Å². The fraction of sp³-hybridized carbons (Fsp3) is 0.667. The molecule has 2 atom stereocenters. The van der Waals surface area contributed by atoms with Crippen molar-refractivity contribution in [3.05, 3.63) is 21.4 Å². The van der Waals surface area contributed by atoms with Crippen LogP contribution in [0.25, 0.3) is 0 Å². The lowest BCUT2D eigenvalue weighted by Gasteiger charge is -2.30. The maximum absolute atomic E-state index is 12.4. The van der Waals surface area contributed by atoms with Crippen LogP contribution in [0.3, 0.4) is 0 Å². The number of aryl methyl sites for hydroxylation is 2. The standard InChI is InChI=1S/C15H24N2O3S2/c1-10-8-14(12(3)21-10)11(2)16-15(18)13-6-5-7-17(9-13)22(4,19)20/h8,11,13H,5-7,9H2,1-4H3,(H,16,18)/t11-,13-/m0/s1. The Labute approximate surface area is 136 Å². The first-order valence-electron chi connectivity index (χ1n) is 7.51. The second-order valence-electron chi connectivity index (χ2n) is 6.06. The van der Waals surface area contributed by atoms with Gasteiger partial charge in [0.25, 0.3) is 0 Å². The van der Waals surface area contributed by atoms with Crippen LogP contribution >= 0.6 is 11.3 Å². The van der Waals surface area contributed by atoms with Gasteiger partial charge in [-0.05, 0) is 45.2 Å². The van der Waals surface area contributed by atoms with Gasteiger partial charge in [0.05, 0.1) is 18.2 Å². The Morgan fingerprint density at radius 3 is 2.68 bits per heavy atom. The van der Waals surface area contributed by atoms with Crippen molar-refractivity contribution in [1.29, 1.82) is 0 Å². The molecule has 0 aromatic carbocycles. The van der Waals surface area contributed by atoms with Crippen molar-refractivity contribution in [2.75, 3.05) is 19.3 Å². The van der Waals surface area contributed by atoms with Crippen LogP contribution in [0, 0.1) is 19.8 Å². The van der Waals surface area contributed by atoms with Gasteiger partial charge in [-0.15, -0.1) is 11.3 Å². The smallest absolute Gasteiger partial charge is 0.224 e. The highest BCUT2D eigenvalue weighted by Gasteiger charge is 2.30. The molecule has 124 valence electrons. The van der Waals surface area contributed by atoms with E-state index >= 15 is 0 Å². The second-order valence-corrected chi connectivity index (χ2v) is 9.50. The number of rotatable bonds is 4. The highest BCUT2D eigenvalue weighted by Crippen LogP contribution is 2.27. The number of piperidine rings is 1. The van der Waals surface area contributed by atoms with Gasteiger partial charge in [-0.2, -0.15) is 0 Å². The summed E-state index contributed by atoms with van der Waals surface area (Å²) in [6.45, 7) is 6.89. The summed E-state index contributed by atoms with van der Waals surface area (Å²) in [5, 5.41) is 3.04. The van der Waals surface area contributed by atoms with Crippen molar-refractivity contribution >= 4 is 27.3 Å². The van der Waals surface area contributed by atoms with Crippen molar-refractivity contribution in [3.8, 4) is 0 Å². The van der Waals surface area contributed by atoms with Gasteiger partial charge in [-0.25, -0.2) is 12.7 Å². The zero-order valence-corrected chi connectivity index (χ0v) is 15.2. The molecule has 7 heteroatoms. The molecule has 22 heavy (non-hydrogen) atoms. The molecule has 0 spiro atoms. The maximum atomic E-state index is 12.4. The normalized spacial score (nSPS) is 21.5. The molecule has 0 aliphatic carbocycles. The summed E-state index contributed by atoms with van der Waals surface area (Å²) in [6.07, 6.45) is 2.68. The first-order chi connectivity index (χ1) is 10.2. The van der Waals surface area contributed by atoms with Gasteiger partial charge >= 0.3 is 0 Å². The minimum Gasteiger partial charge on any atom is -0.349 e. The molecule has 1 N–H and O–H groups in total.